The Bertz CT molecular complexity index is 803. The van der Waals surface area contributed by atoms with Crippen molar-refractivity contribution in [1.82, 2.24) is 20.2 Å². The van der Waals surface area contributed by atoms with Crippen LogP contribution in [-0.4, -0.2) is 60.3 Å². The number of anilines is 1. The third-order valence-corrected chi connectivity index (χ3v) is 4.90. The summed E-state index contributed by atoms with van der Waals surface area (Å²) in [5.41, 5.74) is 1.25. The Balaban J connectivity index is 1.32. The second kappa shape index (κ2) is 7.79. The van der Waals surface area contributed by atoms with Gasteiger partial charge in [0.15, 0.2) is 11.5 Å². The third-order valence-electron chi connectivity index (χ3n) is 4.90. The van der Waals surface area contributed by atoms with Gasteiger partial charge in [0.1, 0.15) is 11.5 Å². The maximum atomic E-state index is 12.3. The summed E-state index contributed by atoms with van der Waals surface area (Å²) in [5.74, 6) is 2.00. The van der Waals surface area contributed by atoms with Crippen molar-refractivity contribution in [1.29, 1.82) is 0 Å². The molecule has 0 spiro atoms. The summed E-state index contributed by atoms with van der Waals surface area (Å²) >= 11 is 0. The van der Waals surface area contributed by atoms with Crippen LogP contribution in [0.25, 0.3) is 0 Å². The molecule has 8 nitrogen and oxygen atoms in total. The monoisotopic (exact) mass is 369 g/mol. The number of aromatic nitrogens is 2. The number of likely N-dealkylation sites (N-methyl/N-ethyl adjacent to an activating group) is 1. The van der Waals surface area contributed by atoms with Gasteiger partial charge in [-0.05, 0) is 24.2 Å². The number of fused-ring (bicyclic) bond motifs is 1. The predicted molar refractivity (Wildman–Crippen MR) is 100 cm³/mol. The van der Waals surface area contributed by atoms with E-state index in [2.05, 4.69) is 32.0 Å². The molecule has 142 valence electrons. The lowest BCUT2D eigenvalue weighted by molar-refractivity contribution is 0.0945. The summed E-state index contributed by atoms with van der Waals surface area (Å²) in [5, 5.41) is 2.86. The van der Waals surface area contributed by atoms with Crippen molar-refractivity contribution in [2.24, 2.45) is 0 Å². The second-order valence-corrected chi connectivity index (χ2v) is 6.55. The number of hydrogen-bond donors (Lipinski definition) is 1. The zero-order chi connectivity index (χ0) is 18.6. The van der Waals surface area contributed by atoms with Crippen LogP contribution in [0.4, 0.5) is 5.82 Å². The zero-order valence-electron chi connectivity index (χ0n) is 15.4. The molecule has 1 aromatic heterocycles. The SMILES string of the molecule is CCN1CCN(c2cnc(C(=O)NCc3ccc4c(c3)OCO4)cn2)CC1. The molecule has 2 aliphatic heterocycles. The van der Waals surface area contributed by atoms with E-state index in [9.17, 15) is 4.79 Å². The van der Waals surface area contributed by atoms with Gasteiger partial charge >= 0.3 is 0 Å². The van der Waals surface area contributed by atoms with Crippen molar-refractivity contribution in [3.63, 3.8) is 0 Å². The van der Waals surface area contributed by atoms with E-state index < -0.39 is 0 Å². The van der Waals surface area contributed by atoms with E-state index in [0.29, 0.717) is 18.0 Å². The number of ether oxygens (including phenoxy) is 2. The molecule has 4 rings (SSSR count). The summed E-state index contributed by atoms with van der Waals surface area (Å²) in [6.45, 7) is 7.77. The minimum absolute atomic E-state index is 0.237. The number of nitrogens with one attached hydrogen (secondary N) is 1. The van der Waals surface area contributed by atoms with Crippen LogP contribution in [0.5, 0.6) is 11.5 Å². The van der Waals surface area contributed by atoms with Gasteiger partial charge in [-0.15, -0.1) is 0 Å². The van der Waals surface area contributed by atoms with Gasteiger partial charge in [0.25, 0.3) is 5.91 Å². The second-order valence-electron chi connectivity index (χ2n) is 6.55. The average molecular weight is 369 g/mol. The van der Waals surface area contributed by atoms with Crippen molar-refractivity contribution in [2.45, 2.75) is 13.5 Å². The molecule has 1 saturated heterocycles. The number of piperazine rings is 1. The van der Waals surface area contributed by atoms with Crippen molar-refractivity contribution >= 4 is 11.7 Å². The van der Waals surface area contributed by atoms with Gasteiger partial charge in [-0.1, -0.05) is 13.0 Å². The topological polar surface area (TPSA) is 79.8 Å². The highest BCUT2D eigenvalue weighted by molar-refractivity contribution is 5.92. The highest BCUT2D eigenvalue weighted by Crippen LogP contribution is 2.32. The van der Waals surface area contributed by atoms with Crippen LogP contribution in [0, 0.1) is 0 Å². The molecule has 2 aromatic rings. The maximum Gasteiger partial charge on any atom is 0.271 e. The molecular formula is C19H23N5O3. The molecule has 1 aromatic carbocycles. The molecule has 0 saturated carbocycles. The first-order valence-electron chi connectivity index (χ1n) is 9.19. The Kier molecular flexibility index (Phi) is 5.06. The summed E-state index contributed by atoms with van der Waals surface area (Å²) in [6, 6.07) is 5.61. The number of amides is 1. The Morgan fingerprint density at radius 3 is 2.67 bits per heavy atom. The molecule has 2 aliphatic rings. The molecule has 0 bridgehead atoms. The molecule has 8 heteroatoms. The fourth-order valence-corrected chi connectivity index (χ4v) is 3.22. The van der Waals surface area contributed by atoms with Crippen LogP contribution < -0.4 is 19.7 Å². The molecule has 0 atom stereocenters. The largest absolute Gasteiger partial charge is 0.454 e. The quantitative estimate of drug-likeness (QED) is 0.850. The number of carbonyl (C=O) groups is 1. The van der Waals surface area contributed by atoms with Crippen LogP contribution in [0.3, 0.4) is 0 Å². The first-order chi connectivity index (χ1) is 13.2. The van der Waals surface area contributed by atoms with Gasteiger partial charge in [0.05, 0.1) is 12.4 Å². The molecule has 1 N–H and O–H groups in total. The van der Waals surface area contributed by atoms with Gasteiger partial charge < -0.3 is 24.6 Å². The van der Waals surface area contributed by atoms with E-state index >= 15 is 0 Å². The van der Waals surface area contributed by atoms with Crippen LogP contribution in [0.15, 0.2) is 30.6 Å². The molecule has 3 heterocycles. The number of hydrogen-bond acceptors (Lipinski definition) is 7. The third kappa shape index (κ3) is 3.95. The van der Waals surface area contributed by atoms with Crippen molar-refractivity contribution in [3.05, 3.63) is 41.9 Å². The van der Waals surface area contributed by atoms with E-state index in [1.165, 1.54) is 6.20 Å². The molecule has 27 heavy (non-hydrogen) atoms. The first-order valence-corrected chi connectivity index (χ1v) is 9.19. The average Bonchev–Trinajstić information content (AvgIpc) is 3.20. The van der Waals surface area contributed by atoms with Crippen LogP contribution in [0.1, 0.15) is 23.0 Å². The van der Waals surface area contributed by atoms with Gasteiger partial charge in [-0.25, -0.2) is 9.97 Å². The smallest absolute Gasteiger partial charge is 0.271 e. The molecule has 1 fully saturated rings. The fourth-order valence-electron chi connectivity index (χ4n) is 3.22. The Morgan fingerprint density at radius 1 is 1.11 bits per heavy atom. The highest BCUT2D eigenvalue weighted by atomic mass is 16.7. The lowest BCUT2D eigenvalue weighted by Gasteiger charge is -2.34. The normalized spacial score (nSPS) is 16.4. The Labute approximate surface area is 158 Å². The van der Waals surface area contributed by atoms with E-state index in [4.69, 9.17) is 9.47 Å². The van der Waals surface area contributed by atoms with Crippen LogP contribution in [-0.2, 0) is 6.54 Å². The molecule has 1 amide bonds. The summed E-state index contributed by atoms with van der Waals surface area (Å²) in [6.07, 6.45) is 3.22. The Morgan fingerprint density at radius 2 is 1.93 bits per heavy atom. The summed E-state index contributed by atoms with van der Waals surface area (Å²) in [7, 11) is 0. The van der Waals surface area contributed by atoms with Crippen molar-refractivity contribution in [3.8, 4) is 11.5 Å². The molecule has 0 radical (unpaired) electrons. The molecule has 0 unspecified atom stereocenters. The number of rotatable bonds is 5. The number of carbonyl (C=O) groups excluding carboxylic acids is 1. The van der Waals surface area contributed by atoms with Gasteiger partial charge in [-0.2, -0.15) is 0 Å². The summed E-state index contributed by atoms with van der Waals surface area (Å²) in [4.78, 5) is 25.7. The van der Waals surface area contributed by atoms with Crippen LogP contribution in [0.2, 0.25) is 0 Å². The first kappa shape index (κ1) is 17.5. The minimum atomic E-state index is -0.248. The maximum absolute atomic E-state index is 12.3. The lowest BCUT2D eigenvalue weighted by Crippen LogP contribution is -2.46. The van der Waals surface area contributed by atoms with E-state index in [1.54, 1.807) is 6.20 Å². The Hall–Kier alpha value is -2.87. The van der Waals surface area contributed by atoms with E-state index in [-0.39, 0.29) is 12.7 Å². The van der Waals surface area contributed by atoms with Gasteiger partial charge in [0, 0.05) is 32.7 Å². The highest BCUT2D eigenvalue weighted by Gasteiger charge is 2.18. The summed E-state index contributed by atoms with van der Waals surface area (Å²) < 4.78 is 10.6. The molecule has 0 aliphatic carbocycles. The number of nitrogens with zero attached hydrogens (tertiary/aromatic N) is 4. The lowest BCUT2D eigenvalue weighted by atomic mass is 10.2. The van der Waals surface area contributed by atoms with E-state index in [0.717, 1.165) is 49.9 Å². The van der Waals surface area contributed by atoms with Gasteiger partial charge in [-0.3, -0.25) is 4.79 Å². The molecular weight excluding hydrogens is 346 g/mol. The zero-order valence-corrected chi connectivity index (χ0v) is 15.4. The fraction of sp³-hybridized carbons (Fsp3) is 0.421. The van der Waals surface area contributed by atoms with E-state index in [1.807, 2.05) is 18.2 Å². The standard InChI is InChI=1S/C19H23N5O3/c1-2-23-5-7-24(8-6-23)18-12-20-15(11-21-18)19(25)22-10-14-3-4-16-17(9-14)27-13-26-16/h3-4,9,11-12H,2,5-8,10,13H2,1H3,(H,22,25). The van der Waals surface area contributed by atoms with Crippen molar-refractivity contribution in [2.75, 3.05) is 44.4 Å². The van der Waals surface area contributed by atoms with Crippen LogP contribution >= 0.6 is 0 Å². The predicted octanol–water partition coefficient (Wildman–Crippen LogP) is 1.28. The number of benzene rings is 1. The van der Waals surface area contributed by atoms with Gasteiger partial charge in [0.2, 0.25) is 6.79 Å². The minimum Gasteiger partial charge on any atom is -0.454 e. The van der Waals surface area contributed by atoms with Crippen molar-refractivity contribution < 1.29 is 14.3 Å².